The number of nitrogens with zero attached hydrogens (tertiary/aromatic N) is 1. The van der Waals surface area contributed by atoms with Crippen molar-refractivity contribution >= 4 is 5.91 Å². The molecule has 0 aromatic carbocycles. The molecule has 0 radical (unpaired) electrons. The van der Waals surface area contributed by atoms with E-state index in [2.05, 4.69) is 5.32 Å². The van der Waals surface area contributed by atoms with Crippen LogP contribution in [0.5, 0.6) is 0 Å². The van der Waals surface area contributed by atoms with Crippen molar-refractivity contribution < 1.29 is 9.90 Å². The van der Waals surface area contributed by atoms with Gasteiger partial charge in [-0.3, -0.25) is 4.79 Å². The molecule has 1 aliphatic carbocycles. The molecule has 1 saturated carbocycles. The van der Waals surface area contributed by atoms with E-state index in [0.717, 1.165) is 51.7 Å². The Hall–Kier alpha value is -0.610. The van der Waals surface area contributed by atoms with Gasteiger partial charge in [0.2, 0.25) is 5.91 Å². The van der Waals surface area contributed by atoms with E-state index in [-0.39, 0.29) is 17.4 Å². The maximum absolute atomic E-state index is 12.2. The molecule has 2 atom stereocenters. The summed E-state index contributed by atoms with van der Waals surface area (Å²) in [5, 5.41) is 13.4. The molecule has 0 aromatic rings. The minimum absolute atomic E-state index is 0.106. The predicted molar refractivity (Wildman–Crippen MR) is 80.4 cm³/mol. The summed E-state index contributed by atoms with van der Waals surface area (Å²) in [6.45, 7) is 8.62. The third kappa shape index (κ3) is 3.95. The van der Waals surface area contributed by atoms with E-state index < -0.39 is 0 Å². The van der Waals surface area contributed by atoms with Gasteiger partial charge in [-0.2, -0.15) is 0 Å². The molecule has 2 unspecified atom stereocenters. The molecule has 20 heavy (non-hydrogen) atoms. The van der Waals surface area contributed by atoms with Crippen molar-refractivity contribution in [3.8, 4) is 0 Å². The number of nitrogens with one attached hydrogen (secondary N) is 1. The van der Waals surface area contributed by atoms with Crippen LogP contribution in [0.3, 0.4) is 0 Å². The second-order valence-electron chi connectivity index (χ2n) is 7.48. The van der Waals surface area contributed by atoms with Gasteiger partial charge in [-0.25, -0.2) is 0 Å². The van der Waals surface area contributed by atoms with E-state index in [1.165, 1.54) is 0 Å². The topological polar surface area (TPSA) is 52.6 Å². The van der Waals surface area contributed by atoms with Gasteiger partial charge >= 0.3 is 0 Å². The number of likely N-dealkylation sites (tertiary alicyclic amines) is 1. The Kier molecular flexibility index (Phi) is 5.08. The molecule has 4 heteroatoms. The number of aliphatic hydroxyl groups is 1. The summed E-state index contributed by atoms with van der Waals surface area (Å²) in [6, 6.07) is 0.506. The van der Waals surface area contributed by atoms with Crippen molar-refractivity contribution in [1.29, 1.82) is 0 Å². The molecule has 4 nitrogen and oxygen atoms in total. The highest BCUT2D eigenvalue weighted by Crippen LogP contribution is 2.25. The van der Waals surface area contributed by atoms with Gasteiger partial charge in [0.1, 0.15) is 0 Å². The molecule has 1 amide bonds. The minimum Gasteiger partial charge on any atom is -0.393 e. The Bertz CT molecular complexity index is 330. The van der Waals surface area contributed by atoms with Crippen LogP contribution in [0.2, 0.25) is 0 Å². The van der Waals surface area contributed by atoms with Gasteiger partial charge in [-0.15, -0.1) is 0 Å². The van der Waals surface area contributed by atoms with Crippen LogP contribution in [0, 0.1) is 11.3 Å². The summed E-state index contributed by atoms with van der Waals surface area (Å²) >= 11 is 0. The molecule has 0 spiro atoms. The van der Waals surface area contributed by atoms with Crippen LogP contribution in [-0.2, 0) is 4.79 Å². The van der Waals surface area contributed by atoms with Crippen molar-refractivity contribution in [3.63, 3.8) is 0 Å². The highest BCUT2D eigenvalue weighted by molar-refractivity contribution is 5.81. The fourth-order valence-corrected chi connectivity index (χ4v) is 3.33. The van der Waals surface area contributed by atoms with E-state index in [0.29, 0.717) is 12.0 Å². The lowest BCUT2D eigenvalue weighted by molar-refractivity contribution is -0.140. The minimum atomic E-state index is -0.270. The normalized spacial score (nSPS) is 28.9. The van der Waals surface area contributed by atoms with Crippen LogP contribution in [-0.4, -0.2) is 47.7 Å². The SMILES string of the molecule is CC(C)(C)C(=O)N1CCC(NCC2CCCC2O)CC1. The van der Waals surface area contributed by atoms with Gasteiger partial charge in [-0.1, -0.05) is 27.2 Å². The highest BCUT2D eigenvalue weighted by Gasteiger charge is 2.31. The van der Waals surface area contributed by atoms with Crippen molar-refractivity contribution in [1.82, 2.24) is 10.2 Å². The molecular weight excluding hydrogens is 252 g/mol. The summed E-state index contributed by atoms with van der Waals surface area (Å²) < 4.78 is 0. The maximum Gasteiger partial charge on any atom is 0.227 e. The largest absolute Gasteiger partial charge is 0.393 e. The molecule has 0 bridgehead atoms. The molecule has 1 saturated heterocycles. The predicted octanol–water partition coefficient (Wildman–Crippen LogP) is 1.77. The lowest BCUT2D eigenvalue weighted by atomic mass is 9.93. The van der Waals surface area contributed by atoms with Crippen LogP contribution < -0.4 is 5.32 Å². The van der Waals surface area contributed by atoms with E-state index in [4.69, 9.17) is 0 Å². The van der Waals surface area contributed by atoms with Crippen molar-refractivity contribution in [2.24, 2.45) is 11.3 Å². The highest BCUT2D eigenvalue weighted by atomic mass is 16.3. The zero-order valence-electron chi connectivity index (χ0n) is 13.2. The Labute approximate surface area is 122 Å². The number of rotatable bonds is 3. The maximum atomic E-state index is 12.2. The number of hydrogen-bond acceptors (Lipinski definition) is 3. The van der Waals surface area contributed by atoms with Gasteiger partial charge in [0.15, 0.2) is 0 Å². The zero-order chi connectivity index (χ0) is 14.8. The summed E-state index contributed by atoms with van der Waals surface area (Å²) in [5.41, 5.74) is -0.270. The second kappa shape index (κ2) is 6.44. The van der Waals surface area contributed by atoms with E-state index in [9.17, 15) is 9.90 Å². The Morgan fingerprint density at radius 1 is 1.20 bits per heavy atom. The van der Waals surface area contributed by atoms with Crippen LogP contribution >= 0.6 is 0 Å². The first-order valence-electron chi connectivity index (χ1n) is 8.09. The number of amides is 1. The van der Waals surface area contributed by atoms with Crippen molar-refractivity contribution in [3.05, 3.63) is 0 Å². The molecule has 0 aromatic heterocycles. The first kappa shape index (κ1) is 15.8. The molecule has 116 valence electrons. The summed E-state index contributed by atoms with van der Waals surface area (Å²) in [6.07, 6.45) is 5.23. The summed E-state index contributed by atoms with van der Waals surface area (Å²) in [5.74, 6) is 0.700. The average molecular weight is 282 g/mol. The molecule has 1 heterocycles. The quantitative estimate of drug-likeness (QED) is 0.829. The fraction of sp³-hybridized carbons (Fsp3) is 0.938. The van der Waals surface area contributed by atoms with Crippen LogP contribution in [0.4, 0.5) is 0 Å². The average Bonchev–Trinajstić information content (AvgIpc) is 2.81. The molecule has 2 rings (SSSR count). The van der Waals surface area contributed by atoms with Crippen LogP contribution in [0.25, 0.3) is 0 Å². The fourth-order valence-electron chi connectivity index (χ4n) is 3.33. The van der Waals surface area contributed by atoms with E-state index >= 15 is 0 Å². The van der Waals surface area contributed by atoms with Gasteiger partial charge < -0.3 is 15.3 Å². The first-order valence-corrected chi connectivity index (χ1v) is 8.09. The lowest BCUT2D eigenvalue weighted by Crippen LogP contribution is -2.49. The van der Waals surface area contributed by atoms with Crippen LogP contribution in [0.1, 0.15) is 52.9 Å². The van der Waals surface area contributed by atoms with Gasteiger partial charge in [0.05, 0.1) is 6.10 Å². The zero-order valence-corrected chi connectivity index (χ0v) is 13.2. The lowest BCUT2D eigenvalue weighted by Gasteiger charge is -2.36. The standard InChI is InChI=1S/C16H30N2O2/c1-16(2,3)15(20)18-9-7-13(8-10-18)17-11-12-5-4-6-14(12)19/h12-14,17,19H,4-11H2,1-3H3. The van der Waals surface area contributed by atoms with Crippen molar-refractivity contribution in [2.75, 3.05) is 19.6 Å². The molecule has 2 aliphatic rings. The summed E-state index contributed by atoms with van der Waals surface area (Å²) in [7, 11) is 0. The smallest absolute Gasteiger partial charge is 0.227 e. The van der Waals surface area contributed by atoms with E-state index in [1.807, 2.05) is 25.7 Å². The Morgan fingerprint density at radius 2 is 1.85 bits per heavy atom. The third-order valence-corrected chi connectivity index (χ3v) is 4.71. The first-order chi connectivity index (χ1) is 9.38. The van der Waals surface area contributed by atoms with Crippen molar-refractivity contribution in [2.45, 2.75) is 65.0 Å². The number of aliphatic hydroxyl groups excluding tert-OH is 1. The second-order valence-corrected chi connectivity index (χ2v) is 7.48. The Morgan fingerprint density at radius 3 is 2.35 bits per heavy atom. The molecule has 1 aliphatic heterocycles. The monoisotopic (exact) mass is 282 g/mol. The van der Waals surface area contributed by atoms with Crippen LogP contribution in [0.15, 0.2) is 0 Å². The Balaban J connectivity index is 1.70. The molecule has 2 fully saturated rings. The third-order valence-electron chi connectivity index (χ3n) is 4.71. The number of hydrogen-bond donors (Lipinski definition) is 2. The number of piperidine rings is 1. The van der Waals surface area contributed by atoms with E-state index in [1.54, 1.807) is 0 Å². The molecular formula is C16H30N2O2. The summed E-state index contributed by atoms with van der Waals surface area (Å²) in [4.78, 5) is 14.2. The molecule has 2 N–H and O–H groups in total. The van der Waals surface area contributed by atoms with Gasteiger partial charge in [-0.05, 0) is 31.6 Å². The van der Waals surface area contributed by atoms with Gasteiger partial charge in [0.25, 0.3) is 0 Å². The number of carbonyl (C=O) groups is 1. The van der Waals surface area contributed by atoms with Gasteiger partial charge in [0, 0.05) is 31.1 Å². The number of carbonyl (C=O) groups excluding carboxylic acids is 1.